The van der Waals surface area contributed by atoms with Crippen molar-refractivity contribution in [2.45, 2.75) is 32.1 Å². The fourth-order valence-corrected chi connectivity index (χ4v) is 4.91. The number of carbonyl (C=O) groups is 1. The molecule has 0 atom stereocenters. The summed E-state index contributed by atoms with van der Waals surface area (Å²) >= 11 is 1.41. The third-order valence-electron chi connectivity index (χ3n) is 5.60. The Balaban J connectivity index is 1.56. The zero-order valence-electron chi connectivity index (χ0n) is 17.0. The molecule has 1 aromatic carbocycles. The highest BCUT2D eigenvalue weighted by Gasteiger charge is 2.14. The number of nitrogens with one attached hydrogen (secondary N) is 2. The van der Waals surface area contributed by atoms with Gasteiger partial charge in [-0.25, -0.2) is 4.68 Å². The quantitative estimate of drug-likeness (QED) is 0.486. The van der Waals surface area contributed by atoms with Gasteiger partial charge in [0, 0.05) is 5.56 Å². The molecular formula is C23H19N4O4S-. The maximum absolute atomic E-state index is 12.6. The van der Waals surface area contributed by atoms with Crippen LogP contribution in [0.15, 0.2) is 45.6 Å². The largest absolute Gasteiger partial charge is 0.545 e. The van der Waals surface area contributed by atoms with E-state index in [1.165, 1.54) is 46.2 Å². The standard InChI is InChI=1S/C23H20N4O4S/c24-19-17(12-16-10-11-18(31-16)13-6-8-15(9-7-13)22(29)30)20(28)25-23-27(19)26-21(32-23)14-4-2-1-3-5-14/h6-12,24,26H,1-5H2,(H,29,30)/p-1. The van der Waals surface area contributed by atoms with Crippen LogP contribution in [0, 0.1) is 5.41 Å². The Labute approximate surface area is 185 Å². The normalized spacial score (nSPS) is 14.9. The van der Waals surface area contributed by atoms with Crippen LogP contribution in [0.1, 0.15) is 48.2 Å². The predicted molar refractivity (Wildman–Crippen MR) is 117 cm³/mol. The van der Waals surface area contributed by atoms with Gasteiger partial charge in [0.05, 0.1) is 11.2 Å². The summed E-state index contributed by atoms with van der Waals surface area (Å²) in [5, 5.41) is 23.3. The lowest BCUT2D eigenvalue weighted by atomic mass is 9.96. The molecule has 0 amide bonds. The highest BCUT2D eigenvalue weighted by atomic mass is 32.1. The number of hydrogen-bond donors (Lipinski definition) is 2. The Bertz CT molecular complexity index is 1510. The average molecular weight is 447 g/mol. The molecule has 2 aliphatic heterocycles. The van der Waals surface area contributed by atoms with Crippen LogP contribution in [-0.2, 0) is 0 Å². The van der Waals surface area contributed by atoms with Crippen molar-refractivity contribution in [1.29, 1.82) is 5.41 Å². The second-order valence-electron chi connectivity index (χ2n) is 7.72. The molecule has 8 nitrogen and oxygen atoms in total. The third-order valence-corrected chi connectivity index (χ3v) is 6.64. The molecule has 5 rings (SSSR count). The van der Waals surface area contributed by atoms with E-state index in [1.54, 1.807) is 24.3 Å². The van der Waals surface area contributed by atoms with Gasteiger partial charge in [-0.1, -0.05) is 42.0 Å². The molecule has 0 radical (unpaired) electrons. The van der Waals surface area contributed by atoms with Gasteiger partial charge in [0.15, 0.2) is 5.49 Å². The van der Waals surface area contributed by atoms with Gasteiger partial charge < -0.3 is 14.3 Å². The van der Waals surface area contributed by atoms with Crippen LogP contribution in [-0.4, -0.2) is 20.7 Å². The zero-order valence-corrected chi connectivity index (χ0v) is 17.8. The number of aromatic nitrogens is 3. The Morgan fingerprint density at radius 1 is 1.16 bits per heavy atom. The van der Waals surface area contributed by atoms with Crippen LogP contribution in [0.25, 0.3) is 28.1 Å². The van der Waals surface area contributed by atoms with Crippen LogP contribution >= 0.6 is 11.3 Å². The van der Waals surface area contributed by atoms with Gasteiger partial charge in [0.2, 0.25) is 5.13 Å². The lowest BCUT2D eigenvalue weighted by Crippen LogP contribution is -2.47. The third kappa shape index (κ3) is 3.71. The number of carboxylic acid groups (broad SMARTS) is 1. The van der Waals surface area contributed by atoms with Gasteiger partial charge in [-0.15, -0.1) is 0 Å². The maximum Gasteiger partial charge on any atom is 0.283 e. The summed E-state index contributed by atoms with van der Waals surface area (Å²) in [5.74, 6) is -0.333. The monoisotopic (exact) mass is 447 g/mol. The molecule has 2 aromatic rings. The minimum absolute atomic E-state index is 0.0233. The summed E-state index contributed by atoms with van der Waals surface area (Å²) in [7, 11) is 0. The molecule has 1 saturated carbocycles. The Hall–Kier alpha value is -3.72. The first-order valence-corrected chi connectivity index (χ1v) is 11.1. The number of carbonyl (C=O) groups excluding carboxylic acids is 1. The average Bonchev–Trinajstić information content (AvgIpc) is 3.45. The minimum Gasteiger partial charge on any atom is -0.545 e. The highest BCUT2D eigenvalue weighted by molar-refractivity contribution is 7.11. The molecule has 32 heavy (non-hydrogen) atoms. The fraction of sp³-hybridized carbons (Fsp3) is 0.217. The Morgan fingerprint density at radius 2 is 1.91 bits per heavy atom. The zero-order chi connectivity index (χ0) is 22.2. The highest BCUT2D eigenvalue weighted by Crippen LogP contribution is 2.24. The van der Waals surface area contributed by atoms with E-state index in [1.807, 2.05) is 0 Å². The van der Waals surface area contributed by atoms with Crippen molar-refractivity contribution in [3.05, 3.63) is 73.4 Å². The number of aromatic amines is 1. The summed E-state index contributed by atoms with van der Waals surface area (Å²) in [4.78, 5) is 27.7. The number of rotatable bonds is 3. The number of furan rings is 1. The van der Waals surface area contributed by atoms with Crippen molar-refractivity contribution in [3.8, 4) is 16.5 Å². The van der Waals surface area contributed by atoms with Crippen LogP contribution in [0.4, 0.5) is 0 Å². The van der Waals surface area contributed by atoms with Crippen LogP contribution in [0.5, 0.6) is 0 Å². The molecule has 1 aromatic heterocycles. The molecule has 3 heterocycles. The van der Waals surface area contributed by atoms with E-state index in [2.05, 4.69) is 10.1 Å². The molecule has 0 saturated heterocycles. The van der Waals surface area contributed by atoms with Gasteiger partial charge in [0.1, 0.15) is 16.2 Å². The second-order valence-corrected chi connectivity index (χ2v) is 8.69. The van der Waals surface area contributed by atoms with E-state index in [-0.39, 0.29) is 16.3 Å². The number of hydrogen-bond acceptors (Lipinski definition) is 7. The van der Waals surface area contributed by atoms with Gasteiger partial charge in [-0.05, 0) is 55.0 Å². The van der Waals surface area contributed by atoms with Crippen molar-refractivity contribution in [2.24, 2.45) is 0 Å². The molecule has 2 N–H and O–H groups in total. The number of H-pyrrole nitrogens is 1. The van der Waals surface area contributed by atoms with Crippen molar-refractivity contribution >= 4 is 29.0 Å². The molecule has 9 heteroatoms. The number of aromatic carboxylic acids is 1. The number of fused-ring (bicyclic) bond motifs is 1. The maximum atomic E-state index is 12.6. The van der Waals surface area contributed by atoms with Gasteiger partial charge in [0.25, 0.3) is 5.56 Å². The molecular weight excluding hydrogens is 428 g/mol. The van der Waals surface area contributed by atoms with Crippen molar-refractivity contribution in [1.82, 2.24) is 14.8 Å². The van der Waals surface area contributed by atoms with E-state index < -0.39 is 11.5 Å². The number of nitrogens with zero attached hydrogens (tertiary/aromatic N) is 2. The number of carboxylic acids is 1. The van der Waals surface area contributed by atoms with Gasteiger partial charge >= 0.3 is 0 Å². The van der Waals surface area contributed by atoms with Crippen molar-refractivity contribution < 1.29 is 14.3 Å². The summed E-state index contributed by atoms with van der Waals surface area (Å²) in [6, 6.07) is 9.54. The van der Waals surface area contributed by atoms with E-state index >= 15 is 0 Å². The smallest absolute Gasteiger partial charge is 0.283 e. The first-order chi connectivity index (χ1) is 15.5. The second kappa shape index (κ2) is 8.08. The molecule has 1 aliphatic carbocycles. The molecule has 0 bridgehead atoms. The van der Waals surface area contributed by atoms with Crippen molar-refractivity contribution in [3.63, 3.8) is 0 Å². The van der Waals surface area contributed by atoms with E-state index in [0.29, 0.717) is 22.2 Å². The molecule has 0 spiro atoms. The van der Waals surface area contributed by atoms with E-state index in [9.17, 15) is 14.7 Å². The molecule has 3 aliphatic rings. The summed E-state index contributed by atoms with van der Waals surface area (Å²) in [5.41, 5.74) is 1.63. The number of benzene rings is 1. The summed E-state index contributed by atoms with van der Waals surface area (Å²) in [6.07, 6.45) is 7.11. The minimum atomic E-state index is -1.24. The molecule has 0 unspecified atom stereocenters. The van der Waals surface area contributed by atoms with Crippen LogP contribution in [0.3, 0.4) is 0 Å². The molecule has 162 valence electrons. The first kappa shape index (κ1) is 20.2. The Morgan fingerprint density at radius 3 is 2.62 bits per heavy atom. The lowest BCUT2D eigenvalue weighted by Gasteiger charge is -2.11. The van der Waals surface area contributed by atoms with Crippen molar-refractivity contribution in [2.75, 3.05) is 0 Å². The van der Waals surface area contributed by atoms with Gasteiger partial charge in [-0.2, -0.15) is 4.98 Å². The topological polar surface area (TPSA) is 128 Å². The Kier molecular flexibility index (Phi) is 5.10. The predicted octanol–water partition coefficient (Wildman–Crippen LogP) is 1.11. The van der Waals surface area contributed by atoms with Crippen LogP contribution in [0.2, 0.25) is 0 Å². The van der Waals surface area contributed by atoms with Crippen LogP contribution < -0.4 is 26.0 Å². The summed E-state index contributed by atoms with van der Waals surface area (Å²) < 4.78 is 8.32. The van der Waals surface area contributed by atoms with E-state index in [4.69, 9.17) is 9.83 Å². The lowest BCUT2D eigenvalue weighted by molar-refractivity contribution is -0.255. The van der Waals surface area contributed by atoms with Gasteiger partial charge in [-0.3, -0.25) is 15.3 Å². The first-order valence-electron chi connectivity index (χ1n) is 10.3. The summed E-state index contributed by atoms with van der Waals surface area (Å²) in [6.45, 7) is 0. The fourth-order valence-electron chi connectivity index (χ4n) is 3.89. The van der Waals surface area contributed by atoms with E-state index in [0.717, 1.165) is 30.3 Å². The molecule has 1 fully saturated rings. The SMILES string of the molecule is N=c1c(=Cc2ccc(-c3ccc(C(=O)[O-])cc3)o2)c(=O)nc2sc(=C3CCCCC3)[nH]n1-2.